The van der Waals surface area contributed by atoms with E-state index in [1.807, 2.05) is 0 Å². The number of nitrogens with zero attached hydrogens (tertiary/aromatic N) is 2. The number of benzene rings is 2. The molecule has 0 bridgehead atoms. The molecule has 2 aromatic rings. The lowest BCUT2D eigenvalue weighted by atomic mass is 10.1. The van der Waals surface area contributed by atoms with Gasteiger partial charge in [-0.2, -0.15) is 0 Å². The Morgan fingerprint density at radius 1 is 1.09 bits per heavy atom. The van der Waals surface area contributed by atoms with E-state index in [4.69, 9.17) is 14.2 Å². The number of rotatable bonds is 12. The largest absolute Gasteiger partial charge is 0.493 e. The molecule has 10 nitrogen and oxygen atoms in total. The predicted octanol–water partition coefficient (Wildman–Crippen LogP) is 3.54. The van der Waals surface area contributed by atoms with Crippen molar-refractivity contribution in [2.24, 2.45) is 0 Å². The van der Waals surface area contributed by atoms with Crippen LogP contribution in [0.2, 0.25) is 0 Å². The Balaban J connectivity index is 2.33. The van der Waals surface area contributed by atoms with E-state index < -0.39 is 52.1 Å². The number of ether oxygens (including phenoxy) is 3. The topological polar surface area (TPSA) is 120 Å². The lowest BCUT2D eigenvalue weighted by Gasteiger charge is -2.22. The first-order valence-electron chi connectivity index (χ1n) is 10.3. The monoisotopic (exact) mass is 499 g/mol. The van der Waals surface area contributed by atoms with Crippen LogP contribution in [-0.2, 0) is 9.53 Å². The maximum Gasteiger partial charge on any atom is 0.286 e. The molecule has 0 aliphatic rings. The zero-order valence-corrected chi connectivity index (χ0v) is 19.2. The summed E-state index contributed by atoms with van der Waals surface area (Å²) < 4.78 is 55.9. The van der Waals surface area contributed by atoms with Gasteiger partial charge in [-0.3, -0.25) is 19.7 Å². The summed E-state index contributed by atoms with van der Waals surface area (Å²) in [5.74, 6) is -6.54. The molecule has 0 unspecified atom stereocenters. The molecule has 2 aromatic carbocycles. The van der Waals surface area contributed by atoms with Gasteiger partial charge in [-0.15, -0.1) is 0 Å². The molecule has 190 valence electrons. The summed E-state index contributed by atoms with van der Waals surface area (Å²) in [7, 11) is 2.73. The molecule has 2 amide bonds. The molecule has 0 aliphatic heterocycles. The van der Waals surface area contributed by atoms with Crippen molar-refractivity contribution in [2.45, 2.75) is 13.3 Å². The summed E-state index contributed by atoms with van der Waals surface area (Å²) in [6.45, 7) is 1.35. The lowest BCUT2D eigenvalue weighted by molar-refractivity contribution is -0.385. The van der Waals surface area contributed by atoms with E-state index in [9.17, 15) is 32.9 Å². The van der Waals surface area contributed by atoms with Gasteiger partial charge < -0.3 is 24.4 Å². The van der Waals surface area contributed by atoms with Crippen LogP contribution >= 0.6 is 0 Å². The fraction of sp³-hybridized carbons (Fsp3) is 0.364. The highest BCUT2D eigenvalue weighted by Crippen LogP contribution is 2.35. The van der Waals surface area contributed by atoms with Gasteiger partial charge in [0.15, 0.2) is 29.0 Å². The summed E-state index contributed by atoms with van der Waals surface area (Å²) in [6.07, 6.45) is 0.377. The van der Waals surface area contributed by atoms with Gasteiger partial charge in [0.1, 0.15) is 18.7 Å². The number of nitro benzene ring substituents is 1. The molecule has 0 radical (unpaired) electrons. The van der Waals surface area contributed by atoms with Crippen molar-refractivity contribution >= 4 is 23.2 Å². The van der Waals surface area contributed by atoms with Crippen LogP contribution in [0.15, 0.2) is 24.3 Å². The fourth-order valence-corrected chi connectivity index (χ4v) is 3.06. The first kappa shape index (κ1) is 27.4. The Hall–Kier alpha value is -3.87. The maximum atomic E-state index is 13.9. The number of carbonyl (C=O) groups excluding carboxylic acids is 2. The first-order chi connectivity index (χ1) is 16.6. The predicted molar refractivity (Wildman–Crippen MR) is 118 cm³/mol. The van der Waals surface area contributed by atoms with Crippen LogP contribution in [0.4, 0.5) is 24.5 Å². The van der Waals surface area contributed by atoms with Crippen LogP contribution in [0.1, 0.15) is 23.7 Å². The number of anilines is 1. The first-order valence-corrected chi connectivity index (χ1v) is 10.3. The summed E-state index contributed by atoms with van der Waals surface area (Å²) in [4.78, 5) is 37.5. The molecular weight excluding hydrogens is 475 g/mol. The van der Waals surface area contributed by atoms with Crippen molar-refractivity contribution in [1.82, 2.24) is 4.90 Å². The molecule has 13 heteroatoms. The van der Waals surface area contributed by atoms with Crippen LogP contribution in [0.25, 0.3) is 0 Å². The minimum absolute atomic E-state index is 0.0120. The molecule has 0 saturated heterocycles. The Bertz CT molecular complexity index is 1100. The summed E-state index contributed by atoms with van der Waals surface area (Å²) in [5, 5.41) is 13.7. The highest BCUT2D eigenvalue weighted by molar-refractivity contribution is 6.02. The van der Waals surface area contributed by atoms with Gasteiger partial charge in [0.25, 0.3) is 11.6 Å². The van der Waals surface area contributed by atoms with Gasteiger partial charge >= 0.3 is 0 Å². The van der Waals surface area contributed by atoms with E-state index in [0.717, 1.165) is 23.1 Å². The van der Waals surface area contributed by atoms with Gasteiger partial charge in [-0.1, -0.05) is 6.92 Å². The van der Waals surface area contributed by atoms with Crippen LogP contribution in [0.3, 0.4) is 0 Å². The minimum Gasteiger partial charge on any atom is -0.493 e. The Morgan fingerprint density at radius 3 is 2.40 bits per heavy atom. The Kier molecular flexibility index (Phi) is 9.82. The van der Waals surface area contributed by atoms with E-state index in [1.54, 1.807) is 6.92 Å². The zero-order chi connectivity index (χ0) is 26.1. The number of methoxy groups -OCH3 is 2. The van der Waals surface area contributed by atoms with E-state index in [2.05, 4.69) is 5.32 Å². The van der Waals surface area contributed by atoms with Crippen molar-refractivity contribution in [2.75, 3.05) is 45.8 Å². The van der Waals surface area contributed by atoms with E-state index in [-0.39, 0.29) is 36.8 Å². The van der Waals surface area contributed by atoms with E-state index in [1.165, 1.54) is 14.2 Å². The van der Waals surface area contributed by atoms with Crippen molar-refractivity contribution in [3.05, 3.63) is 57.4 Å². The molecule has 0 aromatic heterocycles. The fourth-order valence-electron chi connectivity index (χ4n) is 3.06. The number of carbonyl (C=O) groups is 2. The van der Waals surface area contributed by atoms with Gasteiger partial charge in [0.05, 0.1) is 30.4 Å². The summed E-state index contributed by atoms with van der Waals surface area (Å²) in [6, 6.07) is 3.62. The third-order valence-electron chi connectivity index (χ3n) is 4.68. The second-order valence-corrected chi connectivity index (χ2v) is 7.12. The average molecular weight is 499 g/mol. The van der Waals surface area contributed by atoms with Crippen LogP contribution in [0.5, 0.6) is 11.5 Å². The van der Waals surface area contributed by atoms with Gasteiger partial charge in [-0.25, -0.2) is 13.2 Å². The molecule has 0 fully saturated rings. The lowest BCUT2D eigenvalue weighted by Crippen LogP contribution is -2.39. The van der Waals surface area contributed by atoms with Crippen LogP contribution in [-0.4, -0.2) is 62.2 Å². The van der Waals surface area contributed by atoms with E-state index >= 15 is 0 Å². The van der Waals surface area contributed by atoms with Crippen molar-refractivity contribution in [3.63, 3.8) is 0 Å². The van der Waals surface area contributed by atoms with Crippen LogP contribution < -0.4 is 14.8 Å². The van der Waals surface area contributed by atoms with Gasteiger partial charge in [0, 0.05) is 19.7 Å². The molecule has 0 aliphatic carbocycles. The van der Waals surface area contributed by atoms with Crippen molar-refractivity contribution < 1.29 is 41.9 Å². The van der Waals surface area contributed by atoms with Gasteiger partial charge in [-0.05, 0) is 18.6 Å². The normalized spacial score (nSPS) is 10.6. The number of hydrogen-bond donors (Lipinski definition) is 1. The molecule has 35 heavy (non-hydrogen) atoms. The number of halogens is 3. The highest BCUT2D eigenvalue weighted by atomic mass is 19.2. The Labute approximate surface area is 198 Å². The second-order valence-electron chi connectivity index (χ2n) is 7.12. The number of nitrogens with one attached hydrogen (secondary N) is 1. The molecule has 1 N–H and O–H groups in total. The molecule has 0 heterocycles. The van der Waals surface area contributed by atoms with Crippen LogP contribution in [0, 0.1) is 27.6 Å². The number of hydrogen-bond acceptors (Lipinski definition) is 7. The smallest absolute Gasteiger partial charge is 0.286 e. The summed E-state index contributed by atoms with van der Waals surface area (Å²) >= 11 is 0. The van der Waals surface area contributed by atoms with Crippen molar-refractivity contribution in [3.8, 4) is 11.5 Å². The maximum absolute atomic E-state index is 13.9. The highest BCUT2D eigenvalue weighted by Gasteiger charge is 2.29. The quantitative estimate of drug-likeness (QED) is 0.205. The Morgan fingerprint density at radius 2 is 1.80 bits per heavy atom. The zero-order valence-electron chi connectivity index (χ0n) is 19.2. The number of amides is 2. The molecular formula is C22H24F3N3O7. The van der Waals surface area contributed by atoms with Crippen molar-refractivity contribution in [1.29, 1.82) is 0 Å². The average Bonchev–Trinajstić information content (AvgIpc) is 2.83. The number of nitro groups is 1. The third kappa shape index (κ3) is 6.82. The molecule has 2 rings (SSSR count). The van der Waals surface area contributed by atoms with E-state index in [0.29, 0.717) is 12.5 Å². The molecule has 0 saturated carbocycles. The molecule has 0 spiro atoms. The summed E-state index contributed by atoms with van der Waals surface area (Å²) in [5.41, 5.74) is -1.58. The van der Waals surface area contributed by atoms with Gasteiger partial charge in [0.2, 0.25) is 5.91 Å². The minimum atomic E-state index is -1.76. The SMILES string of the molecule is CCCN(CC(=O)Nc1ccc(F)c(F)c1F)C(=O)c1cc(OC)c(OCCOC)cc1[N+](=O)[O-]. The third-order valence-corrected chi connectivity index (χ3v) is 4.68. The second kappa shape index (κ2) is 12.6. The standard InChI is InChI=1S/C22H24F3N3O7/c1-4-7-27(12-19(29)26-15-6-5-14(23)20(24)21(15)25)22(30)13-10-17(34-3)18(35-9-8-33-2)11-16(13)28(31)32/h5-6,10-11H,4,7-9,12H2,1-3H3,(H,26,29). The molecule has 0 atom stereocenters.